The van der Waals surface area contributed by atoms with Crippen molar-refractivity contribution in [1.82, 2.24) is 4.90 Å². The standard InChI is InChI=1S/C11H18N2O/c1-8-3-4-11(14-8)7-13(2)10-5-9(12)6-10/h3-4,9-10H,5-7,12H2,1-2H3. The summed E-state index contributed by atoms with van der Waals surface area (Å²) in [5, 5.41) is 0. The molecule has 1 heterocycles. The first-order chi connectivity index (χ1) is 6.65. The van der Waals surface area contributed by atoms with Gasteiger partial charge in [-0.25, -0.2) is 0 Å². The molecule has 0 atom stereocenters. The summed E-state index contributed by atoms with van der Waals surface area (Å²) in [4.78, 5) is 2.32. The Morgan fingerprint density at radius 2 is 2.21 bits per heavy atom. The second-order valence-corrected chi connectivity index (χ2v) is 4.31. The summed E-state index contributed by atoms with van der Waals surface area (Å²) in [6.45, 7) is 2.87. The van der Waals surface area contributed by atoms with Crippen LogP contribution in [0.25, 0.3) is 0 Å². The average Bonchev–Trinajstić information content (AvgIpc) is 2.45. The normalized spacial score (nSPS) is 26.6. The maximum Gasteiger partial charge on any atom is 0.118 e. The van der Waals surface area contributed by atoms with E-state index in [9.17, 15) is 0 Å². The van der Waals surface area contributed by atoms with E-state index in [4.69, 9.17) is 10.2 Å². The van der Waals surface area contributed by atoms with Crippen molar-refractivity contribution in [2.24, 2.45) is 5.73 Å². The van der Waals surface area contributed by atoms with E-state index < -0.39 is 0 Å². The molecular weight excluding hydrogens is 176 g/mol. The van der Waals surface area contributed by atoms with E-state index in [0.717, 1.165) is 30.9 Å². The Balaban J connectivity index is 1.85. The van der Waals surface area contributed by atoms with Crippen LogP contribution in [0.4, 0.5) is 0 Å². The Morgan fingerprint density at radius 1 is 1.50 bits per heavy atom. The molecule has 0 radical (unpaired) electrons. The molecule has 0 aromatic carbocycles. The van der Waals surface area contributed by atoms with Gasteiger partial charge in [0.2, 0.25) is 0 Å². The van der Waals surface area contributed by atoms with Crippen molar-refractivity contribution in [3.8, 4) is 0 Å². The highest BCUT2D eigenvalue weighted by Gasteiger charge is 2.29. The lowest BCUT2D eigenvalue weighted by atomic mass is 9.86. The van der Waals surface area contributed by atoms with Crippen LogP contribution in [0.2, 0.25) is 0 Å². The van der Waals surface area contributed by atoms with Gasteiger partial charge in [-0.15, -0.1) is 0 Å². The summed E-state index contributed by atoms with van der Waals surface area (Å²) in [5.74, 6) is 2.03. The minimum atomic E-state index is 0.417. The first kappa shape index (κ1) is 9.74. The number of nitrogens with zero attached hydrogens (tertiary/aromatic N) is 1. The highest BCUT2D eigenvalue weighted by Crippen LogP contribution is 2.24. The van der Waals surface area contributed by atoms with Crippen molar-refractivity contribution >= 4 is 0 Å². The molecule has 0 spiro atoms. The Hall–Kier alpha value is -0.800. The molecule has 0 bridgehead atoms. The van der Waals surface area contributed by atoms with Gasteiger partial charge in [-0.1, -0.05) is 0 Å². The lowest BCUT2D eigenvalue weighted by molar-refractivity contribution is 0.124. The molecule has 1 aromatic rings. The van der Waals surface area contributed by atoms with Crippen molar-refractivity contribution in [3.05, 3.63) is 23.7 Å². The van der Waals surface area contributed by atoms with Crippen LogP contribution in [0.3, 0.4) is 0 Å². The van der Waals surface area contributed by atoms with Crippen LogP contribution >= 0.6 is 0 Å². The first-order valence-corrected chi connectivity index (χ1v) is 5.16. The van der Waals surface area contributed by atoms with Crippen molar-refractivity contribution in [1.29, 1.82) is 0 Å². The highest BCUT2D eigenvalue weighted by atomic mass is 16.3. The molecular formula is C11H18N2O. The number of furan rings is 1. The topological polar surface area (TPSA) is 42.4 Å². The van der Waals surface area contributed by atoms with Crippen LogP contribution in [-0.4, -0.2) is 24.0 Å². The van der Waals surface area contributed by atoms with Gasteiger partial charge in [0.25, 0.3) is 0 Å². The monoisotopic (exact) mass is 194 g/mol. The van der Waals surface area contributed by atoms with Gasteiger partial charge in [-0.2, -0.15) is 0 Å². The molecule has 2 rings (SSSR count). The summed E-state index contributed by atoms with van der Waals surface area (Å²) in [6.07, 6.45) is 2.24. The fourth-order valence-electron chi connectivity index (χ4n) is 1.93. The van der Waals surface area contributed by atoms with Gasteiger partial charge < -0.3 is 10.2 Å². The molecule has 78 valence electrons. The average molecular weight is 194 g/mol. The fraction of sp³-hybridized carbons (Fsp3) is 0.636. The second-order valence-electron chi connectivity index (χ2n) is 4.31. The molecule has 0 aliphatic heterocycles. The van der Waals surface area contributed by atoms with Crippen LogP contribution in [0.15, 0.2) is 16.5 Å². The van der Waals surface area contributed by atoms with Gasteiger partial charge in [0, 0.05) is 12.1 Å². The van der Waals surface area contributed by atoms with Crippen molar-refractivity contribution in [3.63, 3.8) is 0 Å². The maximum absolute atomic E-state index is 5.75. The van der Waals surface area contributed by atoms with E-state index in [0.29, 0.717) is 12.1 Å². The van der Waals surface area contributed by atoms with E-state index in [1.165, 1.54) is 0 Å². The predicted octanol–water partition coefficient (Wildman–Crippen LogP) is 1.51. The lowest BCUT2D eigenvalue weighted by Crippen LogP contribution is -2.48. The highest BCUT2D eigenvalue weighted by molar-refractivity contribution is 5.05. The molecule has 0 unspecified atom stereocenters. The fourth-order valence-corrected chi connectivity index (χ4v) is 1.93. The first-order valence-electron chi connectivity index (χ1n) is 5.16. The summed E-state index contributed by atoms with van der Waals surface area (Å²) < 4.78 is 5.53. The quantitative estimate of drug-likeness (QED) is 0.793. The maximum atomic E-state index is 5.75. The molecule has 3 heteroatoms. The molecule has 0 saturated heterocycles. The summed E-state index contributed by atoms with van der Waals surface area (Å²) in [6, 6.07) is 5.12. The molecule has 1 fully saturated rings. The predicted molar refractivity (Wildman–Crippen MR) is 55.9 cm³/mol. The van der Waals surface area contributed by atoms with Gasteiger partial charge in [0.1, 0.15) is 11.5 Å². The van der Waals surface area contributed by atoms with E-state index in [1.54, 1.807) is 0 Å². The number of hydrogen-bond donors (Lipinski definition) is 1. The molecule has 1 saturated carbocycles. The van der Waals surface area contributed by atoms with Crippen LogP contribution in [0.1, 0.15) is 24.4 Å². The molecule has 3 nitrogen and oxygen atoms in total. The third-order valence-electron chi connectivity index (χ3n) is 2.97. The number of rotatable bonds is 3. The van der Waals surface area contributed by atoms with Gasteiger partial charge in [-0.3, -0.25) is 4.90 Å². The van der Waals surface area contributed by atoms with Gasteiger partial charge in [0.15, 0.2) is 0 Å². The third-order valence-corrected chi connectivity index (χ3v) is 2.97. The summed E-state index contributed by atoms with van der Waals surface area (Å²) >= 11 is 0. The van der Waals surface area contributed by atoms with Crippen molar-refractivity contribution < 1.29 is 4.42 Å². The van der Waals surface area contributed by atoms with E-state index >= 15 is 0 Å². The van der Waals surface area contributed by atoms with Crippen molar-refractivity contribution in [2.75, 3.05) is 7.05 Å². The zero-order chi connectivity index (χ0) is 10.1. The summed E-state index contributed by atoms with van der Waals surface area (Å²) in [7, 11) is 2.13. The molecule has 1 aliphatic rings. The minimum Gasteiger partial charge on any atom is -0.465 e. The number of hydrogen-bond acceptors (Lipinski definition) is 3. The van der Waals surface area contributed by atoms with E-state index in [1.807, 2.05) is 19.1 Å². The smallest absolute Gasteiger partial charge is 0.118 e. The Bertz CT molecular complexity index is 302. The number of nitrogens with two attached hydrogens (primary N) is 1. The van der Waals surface area contributed by atoms with Crippen LogP contribution in [0.5, 0.6) is 0 Å². The third kappa shape index (κ3) is 1.99. The SMILES string of the molecule is Cc1ccc(CN(C)C2CC(N)C2)o1. The Kier molecular flexibility index (Phi) is 2.61. The van der Waals surface area contributed by atoms with Gasteiger partial charge in [-0.05, 0) is 38.9 Å². The van der Waals surface area contributed by atoms with Crippen LogP contribution in [-0.2, 0) is 6.54 Å². The lowest BCUT2D eigenvalue weighted by Gasteiger charge is -2.38. The Labute approximate surface area is 84.9 Å². The van der Waals surface area contributed by atoms with E-state index in [2.05, 4.69) is 11.9 Å². The van der Waals surface area contributed by atoms with Crippen LogP contribution in [0, 0.1) is 6.92 Å². The van der Waals surface area contributed by atoms with Crippen LogP contribution < -0.4 is 5.73 Å². The molecule has 1 aliphatic carbocycles. The molecule has 0 amide bonds. The second kappa shape index (κ2) is 3.75. The number of aryl methyl sites for hydroxylation is 1. The van der Waals surface area contributed by atoms with Crippen molar-refractivity contribution in [2.45, 2.75) is 38.4 Å². The van der Waals surface area contributed by atoms with E-state index in [-0.39, 0.29) is 0 Å². The van der Waals surface area contributed by atoms with Gasteiger partial charge >= 0.3 is 0 Å². The summed E-state index contributed by atoms with van der Waals surface area (Å²) in [5.41, 5.74) is 5.75. The molecule has 14 heavy (non-hydrogen) atoms. The zero-order valence-corrected chi connectivity index (χ0v) is 8.86. The molecule has 1 aromatic heterocycles. The molecule has 2 N–H and O–H groups in total. The minimum absolute atomic E-state index is 0.417. The zero-order valence-electron chi connectivity index (χ0n) is 8.86. The Morgan fingerprint density at radius 3 is 2.71 bits per heavy atom. The largest absolute Gasteiger partial charge is 0.465 e. The van der Waals surface area contributed by atoms with Gasteiger partial charge in [0.05, 0.1) is 6.54 Å².